The van der Waals surface area contributed by atoms with Crippen LogP contribution in [0.25, 0.3) is 11.1 Å². The van der Waals surface area contributed by atoms with Crippen LogP contribution < -0.4 is 5.32 Å². The van der Waals surface area contributed by atoms with E-state index in [1.807, 2.05) is 18.2 Å². The summed E-state index contributed by atoms with van der Waals surface area (Å²) in [6.45, 7) is 2.20. The van der Waals surface area contributed by atoms with Gasteiger partial charge in [-0.05, 0) is 53.5 Å². The van der Waals surface area contributed by atoms with E-state index >= 15 is 0 Å². The van der Waals surface area contributed by atoms with Crippen LogP contribution in [0, 0.1) is 5.92 Å². The number of nitrogens with one attached hydrogen (secondary N) is 1. The van der Waals surface area contributed by atoms with Crippen LogP contribution in [0.15, 0.2) is 27.1 Å². The highest BCUT2D eigenvalue weighted by molar-refractivity contribution is 9.10. The van der Waals surface area contributed by atoms with Crippen LogP contribution in [-0.4, -0.2) is 18.1 Å². The SMILES string of the molecule is Brc1cccc2nc(CC3CCNC3)oc12. The number of benzene rings is 1. The molecule has 1 N–H and O–H groups in total. The molecular formula is C12H13BrN2O. The van der Waals surface area contributed by atoms with E-state index in [-0.39, 0.29) is 0 Å². The maximum atomic E-state index is 5.77. The number of rotatable bonds is 2. The molecule has 4 heteroatoms. The summed E-state index contributed by atoms with van der Waals surface area (Å²) < 4.78 is 6.75. The van der Waals surface area contributed by atoms with Gasteiger partial charge in [-0.25, -0.2) is 4.98 Å². The van der Waals surface area contributed by atoms with E-state index in [0.29, 0.717) is 5.92 Å². The minimum Gasteiger partial charge on any atom is -0.439 e. The molecule has 16 heavy (non-hydrogen) atoms. The van der Waals surface area contributed by atoms with Crippen molar-refractivity contribution >= 4 is 27.0 Å². The molecule has 0 amide bonds. The lowest BCUT2D eigenvalue weighted by atomic mass is 10.1. The summed E-state index contributed by atoms with van der Waals surface area (Å²) in [7, 11) is 0. The summed E-state index contributed by atoms with van der Waals surface area (Å²) in [6.07, 6.45) is 2.16. The van der Waals surface area contributed by atoms with Gasteiger partial charge in [0.2, 0.25) is 0 Å². The van der Waals surface area contributed by atoms with E-state index in [1.165, 1.54) is 6.42 Å². The molecule has 0 saturated carbocycles. The van der Waals surface area contributed by atoms with Crippen LogP contribution in [0.3, 0.4) is 0 Å². The van der Waals surface area contributed by atoms with Crippen LogP contribution >= 0.6 is 15.9 Å². The van der Waals surface area contributed by atoms with E-state index < -0.39 is 0 Å². The molecule has 2 aromatic rings. The summed E-state index contributed by atoms with van der Waals surface area (Å²) in [5.41, 5.74) is 1.80. The van der Waals surface area contributed by atoms with E-state index in [0.717, 1.165) is 41.0 Å². The fourth-order valence-electron chi connectivity index (χ4n) is 2.18. The van der Waals surface area contributed by atoms with Crippen LogP contribution in [0.2, 0.25) is 0 Å². The Morgan fingerprint density at radius 2 is 2.44 bits per heavy atom. The minimum absolute atomic E-state index is 0.673. The normalized spacial score (nSPS) is 20.7. The molecular weight excluding hydrogens is 268 g/mol. The van der Waals surface area contributed by atoms with Crippen molar-refractivity contribution in [3.63, 3.8) is 0 Å². The van der Waals surface area contributed by atoms with Crippen molar-refractivity contribution < 1.29 is 4.42 Å². The molecule has 3 rings (SSSR count). The fraction of sp³-hybridized carbons (Fsp3) is 0.417. The summed E-state index contributed by atoms with van der Waals surface area (Å²) in [5.74, 6) is 1.53. The highest BCUT2D eigenvalue weighted by Crippen LogP contribution is 2.26. The average Bonchev–Trinajstić information content (AvgIpc) is 2.88. The third-order valence-electron chi connectivity index (χ3n) is 3.04. The lowest BCUT2D eigenvalue weighted by Gasteiger charge is -2.02. The number of fused-ring (bicyclic) bond motifs is 1. The molecule has 1 aromatic heterocycles. The van der Waals surface area contributed by atoms with Gasteiger partial charge in [-0.2, -0.15) is 0 Å². The van der Waals surface area contributed by atoms with Crippen molar-refractivity contribution in [1.82, 2.24) is 10.3 Å². The molecule has 0 bridgehead atoms. The Hall–Kier alpha value is -0.870. The zero-order chi connectivity index (χ0) is 11.0. The predicted molar refractivity (Wildman–Crippen MR) is 66.4 cm³/mol. The summed E-state index contributed by atoms with van der Waals surface area (Å²) in [6, 6.07) is 5.95. The summed E-state index contributed by atoms with van der Waals surface area (Å²) in [4.78, 5) is 4.51. The maximum absolute atomic E-state index is 5.77. The molecule has 0 aliphatic carbocycles. The van der Waals surface area contributed by atoms with Gasteiger partial charge in [-0.1, -0.05) is 6.07 Å². The second-order valence-corrected chi connectivity index (χ2v) is 5.11. The number of hydrogen-bond acceptors (Lipinski definition) is 3. The quantitative estimate of drug-likeness (QED) is 0.919. The number of hydrogen-bond donors (Lipinski definition) is 1. The third-order valence-corrected chi connectivity index (χ3v) is 3.66. The first-order chi connectivity index (χ1) is 7.83. The zero-order valence-corrected chi connectivity index (χ0v) is 10.5. The Morgan fingerprint density at radius 3 is 3.19 bits per heavy atom. The standard InChI is InChI=1S/C12H13BrN2O/c13-9-2-1-3-10-12(9)16-11(15-10)6-8-4-5-14-7-8/h1-3,8,14H,4-7H2. The fourth-order valence-corrected chi connectivity index (χ4v) is 2.62. The van der Waals surface area contributed by atoms with Gasteiger partial charge < -0.3 is 9.73 Å². The second-order valence-electron chi connectivity index (χ2n) is 4.26. The van der Waals surface area contributed by atoms with Gasteiger partial charge in [-0.3, -0.25) is 0 Å². The number of halogens is 1. The third kappa shape index (κ3) is 1.87. The maximum Gasteiger partial charge on any atom is 0.195 e. The Morgan fingerprint density at radius 1 is 1.50 bits per heavy atom. The van der Waals surface area contributed by atoms with Crippen molar-refractivity contribution in [2.45, 2.75) is 12.8 Å². The summed E-state index contributed by atoms with van der Waals surface area (Å²) >= 11 is 3.48. The van der Waals surface area contributed by atoms with Crippen molar-refractivity contribution in [3.8, 4) is 0 Å². The van der Waals surface area contributed by atoms with E-state index in [1.54, 1.807) is 0 Å². The van der Waals surface area contributed by atoms with Gasteiger partial charge in [0.25, 0.3) is 0 Å². The van der Waals surface area contributed by atoms with Crippen LogP contribution in [0.4, 0.5) is 0 Å². The number of nitrogens with zero attached hydrogens (tertiary/aromatic N) is 1. The predicted octanol–water partition coefficient (Wildman–Crippen LogP) is 2.74. The largest absolute Gasteiger partial charge is 0.439 e. The van der Waals surface area contributed by atoms with Crippen molar-refractivity contribution in [3.05, 3.63) is 28.6 Å². The first-order valence-electron chi connectivity index (χ1n) is 5.57. The molecule has 1 aliphatic rings. The molecule has 1 aromatic carbocycles. The molecule has 1 aliphatic heterocycles. The minimum atomic E-state index is 0.673. The molecule has 1 atom stereocenters. The van der Waals surface area contributed by atoms with Crippen LogP contribution in [0.5, 0.6) is 0 Å². The molecule has 0 radical (unpaired) electrons. The summed E-state index contributed by atoms with van der Waals surface area (Å²) in [5, 5.41) is 3.36. The van der Waals surface area contributed by atoms with Gasteiger partial charge in [-0.15, -0.1) is 0 Å². The number of oxazole rings is 1. The molecule has 0 spiro atoms. The number of aromatic nitrogens is 1. The molecule has 1 unspecified atom stereocenters. The second kappa shape index (κ2) is 4.18. The van der Waals surface area contributed by atoms with E-state index in [4.69, 9.17) is 4.42 Å². The number of para-hydroxylation sites is 1. The topological polar surface area (TPSA) is 38.1 Å². The Labute approximate surface area is 102 Å². The first kappa shape index (κ1) is 10.3. The average molecular weight is 281 g/mol. The van der Waals surface area contributed by atoms with E-state index in [9.17, 15) is 0 Å². The van der Waals surface area contributed by atoms with Crippen LogP contribution in [-0.2, 0) is 6.42 Å². The molecule has 2 heterocycles. The molecule has 3 nitrogen and oxygen atoms in total. The van der Waals surface area contributed by atoms with Crippen LogP contribution in [0.1, 0.15) is 12.3 Å². The molecule has 1 fully saturated rings. The van der Waals surface area contributed by atoms with Gasteiger partial charge >= 0.3 is 0 Å². The van der Waals surface area contributed by atoms with Crippen molar-refractivity contribution in [2.24, 2.45) is 5.92 Å². The Balaban J connectivity index is 1.90. The molecule has 1 saturated heterocycles. The lowest BCUT2D eigenvalue weighted by molar-refractivity contribution is 0.462. The highest BCUT2D eigenvalue weighted by atomic mass is 79.9. The van der Waals surface area contributed by atoms with Gasteiger partial charge in [0.15, 0.2) is 11.5 Å². The lowest BCUT2D eigenvalue weighted by Crippen LogP contribution is -2.10. The van der Waals surface area contributed by atoms with Crippen molar-refractivity contribution in [2.75, 3.05) is 13.1 Å². The smallest absolute Gasteiger partial charge is 0.195 e. The van der Waals surface area contributed by atoms with Gasteiger partial charge in [0.05, 0.1) is 4.47 Å². The highest BCUT2D eigenvalue weighted by Gasteiger charge is 2.18. The zero-order valence-electron chi connectivity index (χ0n) is 8.87. The molecule has 84 valence electrons. The van der Waals surface area contributed by atoms with Crippen molar-refractivity contribution in [1.29, 1.82) is 0 Å². The van der Waals surface area contributed by atoms with Gasteiger partial charge in [0, 0.05) is 6.42 Å². The Kier molecular flexibility index (Phi) is 2.69. The first-order valence-corrected chi connectivity index (χ1v) is 6.37. The van der Waals surface area contributed by atoms with Gasteiger partial charge in [0.1, 0.15) is 5.52 Å². The Bertz CT molecular complexity index is 503. The van der Waals surface area contributed by atoms with E-state index in [2.05, 4.69) is 26.2 Å². The monoisotopic (exact) mass is 280 g/mol.